The van der Waals surface area contributed by atoms with Crippen molar-refractivity contribution in [3.8, 4) is 0 Å². The predicted molar refractivity (Wildman–Crippen MR) is 109 cm³/mol. The van der Waals surface area contributed by atoms with E-state index in [1.165, 1.54) is 32.1 Å². The molecule has 6 heteroatoms. The second kappa shape index (κ2) is 20.2. The van der Waals surface area contributed by atoms with Crippen molar-refractivity contribution >= 4 is 10.1 Å². The van der Waals surface area contributed by atoms with E-state index in [0.717, 1.165) is 64.2 Å². The van der Waals surface area contributed by atoms with Crippen molar-refractivity contribution in [2.75, 3.05) is 0 Å². The SMILES string of the molecule is CCCCCCCCC(O)CCCCCCCC(CCCC)S(=O)(=O)[O-].[Na+]. The van der Waals surface area contributed by atoms with Gasteiger partial charge in [-0.15, -0.1) is 0 Å². The zero-order chi connectivity index (χ0) is 19.7. The maximum Gasteiger partial charge on any atom is 1.00 e. The van der Waals surface area contributed by atoms with Crippen molar-refractivity contribution in [1.82, 2.24) is 0 Å². The van der Waals surface area contributed by atoms with Gasteiger partial charge in [0, 0.05) is 5.25 Å². The van der Waals surface area contributed by atoms with E-state index in [0.29, 0.717) is 12.8 Å². The Labute approximate surface area is 191 Å². The van der Waals surface area contributed by atoms with Crippen LogP contribution in [0.25, 0.3) is 0 Å². The van der Waals surface area contributed by atoms with Crippen LogP contribution in [-0.4, -0.2) is 29.4 Å². The number of hydrogen-bond acceptors (Lipinski definition) is 4. The summed E-state index contributed by atoms with van der Waals surface area (Å²) in [6, 6.07) is 0. The van der Waals surface area contributed by atoms with Crippen LogP contribution in [0, 0.1) is 0 Å². The third-order valence-corrected chi connectivity index (χ3v) is 6.53. The van der Waals surface area contributed by atoms with Crippen molar-refractivity contribution < 1.29 is 47.6 Å². The van der Waals surface area contributed by atoms with Gasteiger partial charge in [-0.2, -0.15) is 0 Å². The van der Waals surface area contributed by atoms with Crippen molar-refractivity contribution in [2.24, 2.45) is 0 Å². The van der Waals surface area contributed by atoms with Crippen molar-refractivity contribution in [3.63, 3.8) is 0 Å². The van der Waals surface area contributed by atoms with E-state index >= 15 is 0 Å². The van der Waals surface area contributed by atoms with Crippen LogP contribution in [0.5, 0.6) is 0 Å². The van der Waals surface area contributed by atoms with Crippen molar-refractivity contribution in [3.05, 3.63) is 0 Å². The molecule has 27 heavy (non-hydrogen) atoms. The summed E-state index contributed by atoms with van der Waals surface area (Å²) < 4.78 is 33.8. The molecule has 0 rings (SSSR count). The fourth-order valence-electron chi connectivity index (χ4n) is 3.45. The average Bonchev–Trinajstić information content (AvgIpc) is 2.58. The van der Waals surface area contributed by atoms with Crippen LogP contribution in [-0.2, 0) is 10.1 Å². The quantitative estimate of drug-likeness (QED) is 0.200. The molecule has 0 bridgehead atoms. The van der Waals surface area contributed by atoms with Gasteiger partial charge in [-0.3, -0.25) is 0 Å². The minimum absolute atomic E-state index is 0. The van der Waals surface area contributed by atoms with Gasteiger partial charge >= 0.3 is 29.6 Å². The number of unbranched alkanes of at least 4 members (excludes halogenated alkanes) is 10. The van der Waals surface area contributed by atoms with E-state index in [-0.39, 0.29) is 35.7 Å². The first-order valence-electron chi connectivity index (χ1n) is 11.0. The molecular weight excluding hydrogens is 371 g/mol. The van der Waals surface area contributed by atoms with Crippen LogP contribution >= 0.6 is 0 Å². The number of rotatable bonds is 19. The van der Waals surface area contributed by atoms with Crippen LogP contribution in [0.3, 0.4) is 0 Å². The van der Waals surface area contributed by atoms with Gasteiger partial charge in [0.15, 0.2) is 0 Å². The van der Waals surface area contributed by atoms with E-state index in [4.69, 9.17) is 0 Å². The molecule has 0 saturated carbocycles. The third kappa shape index (κ3) is 19.9. The molecule has 0 aliphatic carbocycles. The maximum absolute atomic E-state index is 11.3. The van der Waals surface area contributed by atoms with Crippen molar-refractivity contribution in [1.29, 1.82) is 0 Å². The summed E-state index contributed by atoms with van der Waals surface area (Å²) in [4.78, 5) is 0. The summed E-state index contributed by atoms with van der Waals surface area (Å²) in [5, 5.41) is 9.30. The van der Waals surface area contributed by atoms with Crippen LogP contribution in [0.2, 0.25) is 0 Å². The molecule has 0 aromatic heterocycles. The first kappa shape index (κ1) is 30.1. The van der Waals surface area contributed by atoms with E-state index in [2.05, 4.69) is 6.92 Å². The Balaban J connectivity index is 0. The molecule has 0 saturated heterocycles. The van der Waals surface area contributed by atoms with Gasteiger partial charge in [-0.25, -0.2) is 8.42 Å². The van der Waals surface area contributed by atoms with Crippen LogP contribution in [0.1, 0.15) is 123 Å². The fraction of sp³-hybridized carbons (Fsp3) is 1.00. The maximum atomic E-state index is 11.3. The normalized spacial score (nSPS) is 13.9. The second-order valence-corrected chi connectivity index (χ2v) is 9.46. The summed E-state index contributed by atoms with van der Waals surface area (Å²) in [7, 11) is -4.15. The van der Waals surface area contributed by atoms with Crippen LogP contribution in [0.4, 0.5) is 0 Å². The van der Waals surface area contributed by atoms with Gasteiger partial charge in [0.05, 0.1) is 16.2 Å². The molecule has 0 aliphatic rings. The van der Waals surface area contributed by atoms with Gasteiger partial charge < -0.3 is 9.66 Å². The molecule has 1 N–H and O–H groups in total. The summed E-state index contributed by atoms with van der Waals surface area (Å²) >= 11 is 0. The molecule has 4 nitrogen and oxygen atoms in total. The molecule has 0 radical (unpaired) electrons. The Bertz CT molecular complexity index is 401. The third-order valence-electron chi connectivity index (χ3n) is 5.24. The van der Waals surface area contributed by atoms with Gasteiger partial charge in [0.2, 0.25) is 0 Å². The molecular formula is C21H43NaO4S. The van der Waals surface area contributed by atoms with Gasteiger partial charge in [0.1, 0.15) is 0 Å². The molecule has 0 aromatic carbocycles. The average molecular weight is 415 g/mol. The van der Waals surface area contributed by atoms with E-state index < -0.39 is 15.4 Å². The zero-order valence-electron chi connectivity index (χ0n) is 18.3. The van der Waals surface area contributed by atoms with Crippen LogP contribution < -0.4 is 29.6 Å². The Morgan fingerprint density at radius 1 is 0.667 bits per heavy atom. The number of hydrogen-bond donors (Lipinski definition) is 1. The largest absolute Gasteiger partial charge is 1.00 e. The molecule has 0 aliphatic heterocycles. The second-order valence-electron chi connectivity index (χ2n) is 7.81. The molecule has 0 aromatic rings. The summed E-state index contributed by atoms with van der Waals surface area (Å²) in [6.07, 6.45) is 16.9. The smallest absolute Gasteiger partial charge is 0.748 e. The number of aliphatic hydroxyl groups is 1. The summed E-state index contributed by atoms with van der Waals surface area (Å²) in [5.41, 5.74) is 0. The Morgan fingerprint density at radius 2 is 1.04 bits per heavy atom. The Morgan fingerprint density at radius 3 is 1.48 bits per heavy atom. The molecule has 0 amide bonds. The van der Waals surface area contributed by atoms with Gasteiger partial charge in [0.25, 0.3) is 0 Å². The predicted octanol–water partition coefficient (Wildman–Crippen LogP) is 2.94. The molecule has 0 heterocycles. The molecule has 158 valence electrons. The summed E-state index contributed by atoms with van der Waals surface area (Å²) in [5.74, 6) is 0. The van der Waals surface area contributed by atoms with Gasteiger partial charge in [-0.05, 0) is 25.7 Å². The molecule has 0 fully saturated rings. The number of aliphatic hydroxyl groups excluding tert-OH is 1. The topological polar surface area (TPSA) is 77.4 Å². The van der Waals surface area contributed by atoms with Gasteiger partial charge in [-0.1, -0.05) is 97.3 Å². The van der Waals surface area contributed by atoms with Crippen LogP contribution in [0.15, 0.2) is 0 Å². The minimum Gasteiger partial charge on any atom is -0.748 e. The summed E-state index contributed by atoms with van der Waals surface area (Å²) in [6.45, 7) is 4.23. The standard InChI is InChI=1S/C21H44O4S.Na/c1-3-5-7-8-10-13-16-20(22)17-14-11-9-12-15-19-21(18-6-4-2)26(23,24)25;/h20-22H,3-19H2,1-2H3,(H,23,24,25);/q;+1/p-1. The van der Waals surface area contributed by atoms with E-state index in [9.17, 15) is 18.1 Å². The van der Waals surface area contributed by atoms with E-state index in [1.807, 2.05) is 6.92 Å². The zero-order valence-corrected chi connectivity index (χ0v) is 21.1. The molecule has 2 atom stereocenters. The first-order valence-corrected chi connectivity index (χ1v) is 12.5. The molecule has 2 unspecified atom stereocenters. The van der Waals surface area contributed by atoms with E-state index in [1.54, 1.807) is 0 Å². The van der Waals surface area contributed by atoms with Crippen molar-refractivity contribution in [2.45, 2.75) is 134 Å². The fourth-order valence-corrected chi connectivity index (χ4v) is 4.36. The Kier molecular flexibility index (Phi) is 22.4. The Hall–Kier alpha value is 0.870. The minimum atomic E-state index is -4.15. The monoisotopic (exact) mass is 414 g/mol. The molecule has 0 spiro atoms. The first-order chi connectivity index (χ1) is 12.4.